The average Bonchev–Trinajstić information content (AvgIpc) is 2.27. The first-order valence-electron chi connectivity index (χ1n) is 6.84. The van der Waals surface area contributed by atoms with Gasteiger partial charge in [0.2, 0.25) is 0 Å². The summed E-state index contributed by atoms with van der Waals surface area (Å²) < 4.78 is 10.7. The van der Waals surface area contributed by atoms with Gasteiger partial charge in [0, 0.05) is 17.6 Å². The Morgan fingerprint density at radius 2 is 1.60 bits per heavy atom. The van der Waals surface area contributed by atoms with Crippen molar-refractivity contribution in [3.63, 3.8) is 0 Å². The van der Waals surface area contributed by atoms with Crippen LogP contribution >= 0.6 is 0 Å². The first-order chi connectivity index (χ1) is 9.09. The van der Waals surface area contributed by atoms with E-state index in [2.05, 4.69) is 13.2 Å². The number of carbonyl (C=O) groups is 2. The molecule has 1 atom stereocenters. The summed E-state index contributed by atoms with van der Waals surface area (Å²) >= 11 is 0. The Hall–Kier alpha value is -1.58. The lowest BCUT2D eigenvalue weighted by molar-refractivity contribution is -0.158. The third-order valence-corrected chi connectivity index (χ3v) is 2.67. The van der Waals surface area contributed by atoms with E-state index in [0.29, 0.717) is 24.0 Å². The van der Waals surface area contributed by atoms with E-state index in [1.165, 1.54) is 0 Å². The van der Waals surface area contributed by atoms with E-state index < -0.39 is 17.5 Å². The Morgan fingerprint density at radius 1 is 1.10 bits per heavy atom. The Morgan fingerprint density at radius 3 is 2.00 bits per heavy atom. The van der Waals surface area contributed by atoms with Crippen molar-refractivity contribution in [3.05, 3.63) is 24.3 Å². The first-order valence-corrected chi connectivity index (χ1v) is 6.84. The van der Waals surface area contributed by atoms with Crippen molar-refractivity contribution >= 4 is 11.9 Å². The van der Waals surface area contributed by atoms with Crippen LogP contribution in [0.5, 0.6) is 0 Å². The standard InChI is InChI=1S/C16H26O4/c1-8-9-13(19-14(17)11(2)3)10-16(6,7)20-15(18)12(4)5/h13H,2,4,8-10H2,1,3,5-7H3. The van der Waals surface area contributed by atoms with E-state index in [1.807, 2.05) is 6.92 Å². The van der Waals surface area contributed by atoms with Crippen molar-refractivity contribution in [2.24, 2.45) is 0 Å². The molecule has 0 saturated carbocycles. The molecule has 0 aliphatic heterocycles. The third kappa shape index (κ3) is 7.12. The topological polar surface area (TPSA) is 52.6 Å². The summed E-state index contributed by atoms with van der Waals surface area (Å²) in [6.45, 7) is 15.9. The zero-order valence-electron chi connectivity index (χ0n) is 13.2. The fourth-order valence-electron chi connectivity index (χ4n) is 1.70. The van der Waals surface area contributed by atoms with Crippen LogP contribution in [0.25, 0.3) is 0 Å². The molecule has 0 spiro atoms. The van der Waals surface area contributed by atoms with Gasteiger partial charge in [-0.05, 0) is 34.1 Å². The minimum atomic E-state index is -0.717. The fourth-order valence-corrected chi connectivity index (χ4v) is 1.70. The van der Waals surface area contributed by atoms with Crippen LogP contribution in [0.15, 0.2) is 24.3 Å². The largest absolute Gasteiger partial charge is 0.459 e. The quantitative estimate of drug-likeness (QED) is 0.504. The molecule has 0 aromatic heterocycles. The number of rotatable bonds is 8. The second-order valence-electron chi connectivity index (χ2n) is 5.73. The normalized spacial score (nSPS) is 12.4. The molecule has 0 rings (SSSR count). The summed E-state index contributed by atoms with van der Waals surface area (Å²) in [4.78, 5) is 23.2. The molecule has 0 aliphatic rings. The number of hydrogen-bond donors (Lipinski definition) is 0. The highest BCUT2D eigenvalue weighted by atomic mass is 16.6. The second-order valence-corrected chi connectivity index (χ2v) is 5.73. The number of hydrogen-bond acceptors (Lipinski definition) is 4. The van der Waals surface area contributed by atoms with Crippen molar-refractivity contribution in [2.75, 3.05) is 0 Å². The lowest BCUT2D eigenvalue weighted by Gasteiger charge is -2.29. The summed E-state index contributed by atoms with van der Waals surface area (Å²) in [7, 11) is 0. The zero-order chi connectivity index (χ0) is 15.9. The van der Waals surface area contributed by atoms with E-state index in [1.54, 1.807) is 27.7 Å². The van der Waals surface area contributed by atoms with Gasteiger partial charge in [-0.2, -0.15) is 0 Å². The smallest absolute Gasteiger partial charge is 0.333 e. The fraction of sp³-hybridized carbons (Fsp3) is 0.625. The van der Waals surface area contributed by atoms with Crippen molar-refractivity contribution in [2.45, 2.75) is 65.6 Å². The highest BCUT2D eigenvalue weighted by Crippen LogP contribution is 2.23. The van der Waals surface area contributed by atoms with E-state index in [0.717, 1.165) is 6.42 Å². The number of esters is 2. The average molecular weight is 282 g/mol. The van der Waals surface area contributed by atoms with Crippen LogP contribution in [0.3, 0.4) is 0 Å². The molecule has 20 heavy (non-hydrogen) atoms. The zero-order valence-corrected chi connectivity index (χ0v) is 13.2. The summed E-state index contributed by atoms with van der Waals surface area (Å²) in [5.41, 5.74) is -0.00233. The molecule has 0 N–H and O–H groups in total. The van der Waals surface area contributed by atoms with E-state index >= 15 is 0 Å². The molecule has 0 heterocycles. The third-order valence-electron chi connectivity index (χ3n) is 2.67. The Bertz CT molecular complexity index is 393. The van der Waals surface area contributed by atoms with E-state index in [9.17, 15) is 9.59 Å². The first kappa shape index (κ1) is 18.4. The minimum Gasteiger partial charge on any atom is -0.459 e. The van der Waals surface area contributed by atoms with Gasteiger partial charge in [0.05, 0.1) is 0 Å². The molecule has 0 aliphatic carbocycles. The lowest BCUT2D eigenvalue weighted by Crippen LogP contribution is -2.34. The van der Waals surface area contributed by atoms with Crippen LogP contribution in [0.1, 0.15) is 53.9 Å². The van der Waals surface area contributed by atoms with Crippen molar-refractivity contribution in [3.8, 4) is 0 Å². The SMILES string of the molecule is C=C(C)C(=O)OC(CCC)CC(C)(C)OC(=O)C(=C)C. The Labute approximate surface area is 121 Å². The molecule has 4 nitrogen and oxygen atoms in total. The predicted molar refractivity (Wildman–Crippen MR) is 79.2 cm³/mol. The van der Waals surface area contributed by atoms with Gasteiger partial charge in [-0.25, -0.2) is 9.59 Å². The van der Waals surface area contributed by atoms with E-state index in [4.69, 9.17) is 9.47 Å². The summed E-state index contributed by atoms with van der Waals surface area (Å²) in [5, 5.41) is 0. The Balaban J connectivity index is 4.71. The Kier molecular flexibility index (Phi) is 7.25. The highest BCUT2D eigenvalue weighted by molar-refractivity contribution is 5.87. The van der Waals surface area contributed by atoms with Crippen molar-refractivity contribution in [1.29, 1.82) is 0 Å². The molecule has 114 valence electrons. The number of carbonyl (C=O) groups excluding carboxylic acids is 2. The van der Waals surface area contributed by atoms with Gasteiger partial charge < -0.3 is 9.47 Å². The second kappa shape index (κ2) is 7.88. The summed E-state index contributed by atoms with van der Waals surface area (Å²) in [6, 6.07) is 0. The van der Waals surface area contributed by atoms with Crippen LogP contribution in [-0.2, 0) is 19.1 Å². The molecular weight excluding hydrogens is 256 g/mol. The van der Waals surface area contributed by atoms with Gasteiger partial charge in [0.15, 0.2) is 0 Å². The van der Waals surface area contributed by atoms with Crippen LogP contribution in [-0.4, -0.2) is 23.6 Å². The molecule has 0 radical (unpaired) electrons. The molecule has 1 unspecified atom stereocenters. The molecule has 0 fully saturated rings. The maximum atomic E-state index is 11.6. The molecule has 0 aromatic rings. The maximum Gasteiger partial charge on any atom is 0.333 e. The maximum absolute atomic E-state index is 11.6. The van der Waals surface area contributed by atoms with Gasteiger partial charge in [-0.15, -0.1) is 0 Å². The molecule has 0 aromatic carbocycles. The van der Waals surface area contributed by atoms with Crippen molar-refractivity contribution < 1.29 is 19.1 Å². The van der Waals surface area contributed by atoms with Gasteiger partial charge in [-0.1, -0.05) is 26.5 Å². The van der Waals surface area contributed by atoms with Crippen LogP contribution < -0.4 is 0 Å². The summed E-state index contributed by atoms with van der Waals surface area (Å²) in [5.74, 6) is -0.845. The van der Waals surface area contributed by atoms with Crippen LogP contribution in [0.4, 0.5) is 0 Å². The molecule has 0 amide bonds. The van der Waals surface area contributed by atoms with Gasteiger partial charge in [0.25, 0.3) is 0 Å². The molecule has 4 heteroatoms. The minimum absolute atomic E-state index is 0.294. The monoisotopic (exact) mass is 282 g/mol. The molecule has 0 saturated heterocycles. The molecule has 0 bridgehead atoms. The molecular formula is C16H26O4. The predicted octanol–water partition coefficient (Wildman–Crippen LogP) is 3.56. The summed E-state index contributed by atoms with van der Waals surface area (Å²) in [6.07, 6.45) is 1.74. The highest BCUT2D eigenvalue weighted by Gasteiger charge is 2.29. The lowest BCUT2D eigenvalue weighted by atomic mass is 9.97. The van der Waals surface area contributed by atoms with Crippen molar-refractivity contribution in [1.82, 2.24) is 0 Å². The van der Waals surface area contributed by atoms with Gasteiger partial charge in [-0.3, -0.25) is 0 Å². The van der Waals surface area contributed by atoms with E-state index in [-0.39, 0.29) is 6.10 Å². The van der Waals surface area contributed by atoms with Crippen LogP contribution in [0.2, 0.25) is 0 Å². The number of ether oxygens (including phenoxy) is 2. The van der Waals surface area contributed by atoms with Gasteiger partial charge in [0.1, 0.15) is 11.7 Å². The van der Waals surface area contributed by atoms with Gasteiger partial charge >= 0.3 is 11.9 Å². The van der Waals surface area contributed by atoms with Crippen LogP contribution in [0, 0.1) is 0 Å².